The number of hydrogen-bond acceptors (Lipinski definition) is 8. The largest absolute Gasteiger partial charge is 0.467 e. The lowest BCUT2D eigenvalue weighted by Crippen LogP contribution is -2.36. The minimum atomic E-state index is -0.727. The van der Waals surface area contributed by atoms with Gasteiger partial charge in [0, 0.05) is 29.5 Å². The van der Waals surface area contributed by atoms with Crippen LogP contribution in [0.15, 0.2) is 18.2 Å². The molecule has 0 radical (unpaired) electrons. The molecule has 1 atom stereocenters. The van der Waals surface area contributed by atoms with Gasteiger partial charge in [-0.2, -0.15) is 15.2 Å². The van der Waals surface area contributed by atoms with E-state index < -0.39 is 11.6 Å². The number of thiophene rings is 1. The quantitative estimate of drug-likeness (QED) is 0.383. The smallest absolute Gasteiger partial charge is 0.318 e. The van der Waals surface area contributed by atoms with Crippen LogP contribution in [0.2, 0.25) is 5.02 Å². The van der Waals surface area contributed by atoms with Crippen LogP contribution in [0.5, 0.6) is 6.01 Å². The summed E-state index contributed by atoms with van der Waals surface area (Å²) in [5, 5.41) is 10.5. The van der Waals surface area contributed by atoms with Crippen LogP contribution in [0, 0.1) is 23.0 Å². The third kappa shape index (κ3) is 3.80. The van der Waals surface area contributed by atoms with E-state index in [-0.39, 0.29) is 54.4 Å². The number of hydrogen-bond donors (Lipinski definition) is 1. The molecule has 0 bridgehead atoms. The Bertz CT molecular complexity index is 1520. The van der Waals surface area contributed by atoms with E-state index in [9.17, 15) is 9.65 Å². The highest BCUT2D eigenvalue weighted by Crippen LogP contribution is 2.45. The minimum absolute atomic E-state index is 0.00113. The van der Waals surface area contributed by atoms with E-state index in [4.69, 9.17) is 26.8 Å². The highest BCUT2D eigenvalue weighted by atomic mass is 35.5. The van der Waals surface area contributed by atoms with E-state index in [1.165, 1.54) is 19.2 Å². The highest BCUT2D eigenvalue weighted by Gasteiger charge is 2.27. The number of nitrogens with two attached hydrogens (primary N) is 1. The average Bonchev–Trinajstić information content (AvgIpc) is 3.04. The molecule has 1 saturated heterocycles. The van der Waals surface area contributed by atoms with Gasteiger partial charge in [0.15, 0.2) is 5.82 Å². The van der Waals surface area contributed by atoms with Gasteiger partial charge in [-0.3, -0.25) is 0 Å². The van der Waals surface area contributed by atoms with Gasteiger partial charge in [0.05, 0.1) is 35.0 Å². The maximum Gasteiger partial charge on any atom is 0.318 e. The van der Waals surface area contributed by atoms with Crippen molar-refractivity contribution in [1.82, 2.24) is 9.97 Å². The fourth-order valence-corrected chi connectivity index (χ4v) is 5.68. The number of halogens is 3. The molecular formula is C24H20ClF2N5O2S. The molecule has 0 spiro atoms. The molecule has 11 heteroatoms. The second-order valence-corrected chi connectivity index (χ2v) is 9.66. The molecule has 7 nitrogen and oxygen atoms in total. The predicted octanol–water partition coefficient (Wildman–Crippen LogP) is 5.52. The molecule has 0 amide bonds. The standard InChI is InChI=1S/C24H20ClF2N5O2S/c1-11-10-34-7-3-6-32(11)23-13-8-15(25)18(19(27)20(13)30-24(31-23)33-2)12-4-5-16(26)21-17(12)14(9-28)22(29)35-21/h4-5,8,11H,3,6-7,10,29H2,1-2H3. The van der Waals surface area contributed by atoms with Gasteiger partial charge in [0.1, 0.15) is 28.2 Å². The Balaban J connectivity index is 1.82. The van der Waals surface area contributed by atoms with E-state index in [1.54, 1.807) is 6.07 Å². The lowest BCUT2D eigenvalue weighted by molar-refractivity contribution is 0.137. The molecule has 0 aliphatic carbocycles. The van der Waals surface area contributed by atoms with Crippen LogP contribution in [0.25, 0.3) is 32.1 Å². The molecule has 1 aliphatic heterocycles. The van der Waals surface area contributed by atoms with Crippen molar-refractivity contribution in [1.29, 1.82) is 5.26 Å². The molecule has 2 aromatic carbocycles. The van der Waals surface area contributed by atoms with Gasteiger partial charge in [-0.05, 0) is 31.0 Å². The fourth-order valence-electron chi connectivity index (χ4n) is 4.44. The van der Waals surface area contributed by atoms with Crippen LogP contribution in [0.3, 0.4) is 0 Å². The number of benzene rings is 2. The normalized spacial score (nSPS) is 16.5. The topological polar surface area (TPSA) is 97.3 Å². The molecule has 2 aromatic heterocycles. The third-order valence-corrected chi connectivity index (χ3v) is 7.40. The van der Waals surface area contributed by atoms with Gasteiger partial charge in [-0.15, -0.1) is 11.3 Å². The van der Waals surface area contributed by atoms with Crippen molar-refractivity contribution in [2.24, 2.45) is 0 Å². The first-order valence-corrected chi connectivity index (χ1v) is 12.0. The summed E-state index contributed by atoms with van der Waals surface area (Å²) in [6, 6.07) is 6.18. The molecule has 180 valence electrons. The van der Waals surface area contributed by atoms with Crippen molar-refractivity contribution in [3.05, 3.63) is 40.4 Å². The number of fused-ring (bicyclic) bond motifs is 2. The SMILES string of the molecule is COc1nc(N2CCCOCC2C)c2cc(Cl)c(-c3ccc(F)c4sc(N)c(C#N)c34)c(F)c2n1. The number of nitrogen functional groups attached to an aromatic ring is 1. The summed E-state index contributed by atoms with van der Waals surface area (Å²) in [6.07, 6.45) is 0.774. The average molecular weight is 516 g/mol. The Hall–Kier alpha value is -3.26. The molecule has 35 heavy (non-hydrogen) atoms. The van der Waals surface area contributed by atoms with Gasteiger partial charge in [-0.1, -0.05) is 17.7 Å². The summed E-state index contributed by atoms with van der Waals surface area (Å²) in [5.41, 5.74) is 6.30. The minimum Gasteiger partial charge on any atom is -0.467 e. The molecule has 4 aromatic rings. The van der Waals surface area contributed by atoms with Crippen molar-refractivity contribution in [3.63, 3.8) is 0 Å². The fraction of sp³-hybridized carbons (Fsp3) is 0.292. The number of nitrogens with zero attached hydrogens (tertiary/aromatic N) is 4. The first-order chi connectivity index (χ1) is 16.8. The molecule has 1 unspecified atom stereocenters. The van der Waals surface area contributed by atoms with Crippen molar-refractivity contribution >= 4 is 54.7 Å². The number of nitriles is 1. The predicted molar refractivity (Wildman–Crippen MR) is 133 cm³/mol. The summed E-state index contributed by atoms with van der Waals surface area (Å²) in [6.45, 7) is 3.76. The summed E-state index contributed by atoms with van der Waals surface area (Å²) in [4.78, 5) is 10.8. The van der Waals surface area contributed by atoms with E-state index in [0.29, 0.717) is 31.0 Å². The first kappa shape index (κ1) is 23.5. The van der Waals surface area contributed by atoms with Crippen molar-refractivity contribution < 1.29 is 18.3 Å². The van der Waals surface area contributed by atoms with Crippen LogP contribution in [0.4, 0.5) is 19.6 Å². The molecule has 0 saturated carbocycles. The molecule has 5 rings (SSSR count). The highest BCUT2D eigenvalue weighted by molar-refractivity contribution is 7.23. The van der Waals surface area contributed by atoms with E-state index in [0.717, 1.165) is 17.8 Å². The number of rotatable bonds is 3. The van der Waals surface area contributed by atoms with Crippen LogP contribution in [0.1, 0.15) is 18.9 Å². The Labute approximate surface area is 208 Å². The summed E-state index contributed by atoms with van der Waals surface area (Å²) >= 11 is 7.60. The Morgan fingerprint density at radius 1 is 1.34 bits per heavy atom. The Morgan fingerprint density at radius 3 is 2.89 bits per heavy atom. The van der Waals surface area contributed by atoms with Crippen molar-refractivity contribution in [3.8, 4) is 23.2 Å². The molecule has 1 fully saturated rings. The number of methoxy groups -OCH3 is 1. The van der Waals surface area contributed by atoms with Gasteiger partial charge in [-0.25, -0.2) is 8.78 Å². The van der Waals surface area contributed by atoms with Gasteiger partial charge >= 0.3 is 6.01 Å². The molecule has 3 heterocycles. The second kappa shape index (κ2) is 9.07. The maximum atomic E-state index is 16.2. The zero-order chi connectivity index (χ0) is 24.9. The van der Waals surface area contributed by atoms with Crippen LogP contribution >= 0.6 is 22.9 Å². The van der Waals surface area contributed by atoms with E-state index in [1.807, 2.05) is 17.9 Å². The van der Waals surface area contributed by atoms with Gasteiger partial charge < -0.3 is 20.1 Å². The lowest BCUT2D eigenvalue weighted by Gasteiger charge is -2.29. The summed E-state index contributed by atoms with van der Waals surface area (Å²) < 4.78 is 41.9. The molecule has 2 N–H and O–H groups in total. The van der Waals surface area contributed by atoms with Crippen molar-refractivity contribution in [2.45, 2.75) is 19.4 Å². The lowest BCUT2D eigenvalue weighted by atomic mass is 9.97. The summed E-state index contributed by atoms with van der Waals surface area (Å²) in [5.74, 6) is -0.795. The zero-order valence-corrected chi connectivity index (χ0v) is 20.4. The van der Waals surface area contributed by atoms with Gasteiger partial charge in [0.2, 0.25) is 0 Å². The molecular weight excluding hydrogens is 496 g/mol. The van der Waals surface area contributed by atoms with Crippen LogP contribution < -0.4 is 15.4 Å². The number of aromatic nitrogens is 2. The monoisotopic (exact) mass is 515 g/mol. The molecule has 1 aliphatic rings. The third-order valence-electron chi connectivity index (χ3n) is 6.07. The summed E-state index contributed by atoms with van der Waals surface area (Å²) in [7, 11) is 1.41. The zero-order valence-electron chi connectivity index (χ0n) is 18.9. The van der Waals surface area contributed by atoms with Crippen LogP contribution in [-0.4, -0.2) is 42.9 Å². The van der Waals surface area contributed by atoms with Crippen LogP contribution in [-0.2, 0) is 4.74 Å². The first-order valence-electron chi connectivity index (χ1n) is 10.8. The Kier molecular flexibility index (Phi) is 6.09. The number of ether oxygens (including phenoxy) is 2. The van der Waals surface area contributed by atoms with E-state index >= 15 is 4.39 Å². The second-order valence-electron chi connectivity index (χ2n) is 8.20. The Morgan fingerprint density at radius 2 is 2.14 bits per heavy atom. The maximum absolute atomic E-state index is 16.2. The number of anilines is 2. The van der Waals surface area contributed by atoms with Gasteiger partial charge in [0.25, 0.3) is 0 Å². The van der Waals surface area contributed by atoms with Crippen molar-refractivity contribution in [2.75, 3.05) is 37.5 Å². The van der Waals surface area contributed by atoms with E-state index in [2.05, 4.69) is 9.97 Å².